The second kappa shape index (κ2) is 8.27. The number of hydrogen-bond acceptors (Lipinski definition) is 2. The summed E-state index contributed by atoms with van der Waals surface area (Å²) in [6.07, 6.45) is 3.01. The Kier molecular flexibility index (Phi) is 5.17. The van der Waals surface area contributed by atoms with E-state index >= 15 is 0 Å². The van der Waals surface area contributed by atoms with Crippen LogP contribution in [0.4, 0.5) is 0 Å². The molecular weight excluding hydrogens is 382 g/mol. The smallest absolute Gasteiger partial charge is 0.220 e. The minimum absolute atomic E-state index is 0.0940. The van der Waals surface area contributed by atoms with Crippen LogP contribution in [0.3, 0.4) is 0 Å². The van der Waals surface area contributed by atoms with Crippen LogP contribution in [0.2, 0.25) is 0 Å². The quantitative estimate of drug-likeness (QED) is 0.327. The van der Waals surface area contributed by atoms with Crippen LogP contribution in [0.25, 0.3) is 32.3 Å². The molecule has 0 saturated heterocycles. The van der Waals surface area contributed by atoms with Gasteiger partial charge >= 0.3 is 0 Å². The maximum Gasteiger partial charge on any atom is 0.220 e. The molecule has 0 aliphatic rings. The first-order valence-electron chi connectivity index (χ1n) is 10.9. The van der Waals surface area contributed by atoms with E-state index in [-0.39, 0.29) is 11.7 Å². The number of hydrogen-bond donors (Lipinski definition) is 2. The normalized spacial score (nSPS) is 11.5. The number of nitrogens with one attached hydrogen (secondary N) is 1. The van der Waals surface area contributed by atoms with Crippen molar-refractivity contribution in [2.75, 3.05) is 6.54 Å². The molecule has 1 amide bonds. The molecule has 0 spiro atoms. The van der Waals surface area contributed by atoms with Crippen LogP contribution in [-0.2, 0) is 17.6 Å². The monoisotopic (exact) mass is 407 g/mol. The lowest BCUT2D eigenvalue weighted by Crippen LogP contribution is -2.25. The van der Waals surface area contributed by atoms with Crippen LogP contribution >= 0.6 is 0 Å². The molecule has 2 N–H and O–H groups in total. The van der Waals surface area contributed by atoms with Crippen LogP contribution in [0, 0.1) is 0 Å². The molecule has 0 aromatic heterocycles. The zero-order valence-electron chi connectivity index (χ0n) is 17.4. The maximum absolute atomic E-state index is 12.3. The van der Waals surface area contributed by atoms with Gasteiger partial charge in [0.25, 0.3) is 0 Å². The van der Waals surface area contributed by atoms with Crippen molar-refractivity contribution in [1.29, 1.82) is 0 Å². The SMILES string of the molecule is O=C(CCCc1ccc2ccc3cccc4ccc1c2c34)NCCc1ccc(O)cc1. The van der Waals surface area contributed by atoms with Gasteiger partial charge in [-0.3, -0.25) is 4.79 Å². The molecule has 154 valence electrons. The molecule has 0 saturated carbocycles. The first-order valence-corrected chi connectivity index (χ1v) is 10.9. The minimum Gasteiger partial charge on any atom is -0.508 e. The molecule has 3 nitrogen and oxygen atoms in total. The third-order valence-electron chi connectivity index (χ3n) is 6.14. The molecule has 0 radical (unpaired) electrons. The number of carbonyl (C=O) groups excluding carboxylic acids is 1. The van der Waals surface area contributed by atoms with Crippen LogP contribution < -0.4 is 5.32 Å². The molecule has 31 heavy (non-hydrogen) atoms. The fraction of sp³-hybridized carbons (Fsp3) is 0.179. The van der Waals surface area contributed by atoms with Crippen LogP contribution in [-0.4, -0.2) is 17.6 Å². The number of phenols is 1. The summed E-state index contributed by atoms with van der Waals surface area (Å²) in [6, 6.07) is 26.9. The molecule has 0 atom stereocenters. The summed E-state index contributed by atoms with van der Waals surface area (Å²) in [5.74, 6) is 0.357. The van der Waals surface area contributed by atoms with Crippen molar-refractivity contribution in [1.82, 2.24) is 5.32 Å². The zero-order chi connectivity index (χ0) is 21.2. The third kappa shape index (κ3) is 3.91. The average Bonchev–Trinajstić information content (AvgIpc) is 2.79. The summed E-state index contributed by atoms with van der Waals surface area (Å²) in [7, 11) is 0. The maximum atomic E-state index is 12.3. The van der Waals surface area contributed by atoms with Crippen molar-refractivity contribution in [3.05, 3.63) is 90.0 Å². The molecule has 0 unspecified atom stereocenters. The highest BCUT2D eigenvalue weighted by atomic mass is 16.3. The largest absolute Gasteiger partial charge is 0.508 e. The molecule has 0 aliphatic heterocycles. The van der Waals surface area contributed by atoms with Gasteiger partial charge in [-0.05, 0) is 74.8 Å². The fourth-order valence-corrected chi connectivity index (χ4v) is 4.55. The molecule has 0 heterocycles. The molecule has 5 aromatic carbocycles. The van der Waals surface area contributed by atoms with Crippen molar-refractivity contribution in [3.63, 3.8) is 0 Å². The van der Waals surface area contributed by atoms with E-state index in [1.807, 2.05) is 12.1 Å². The van der Waals surface area contributed by atoms with Gasteiger partial charge in [-0.25, -0.2) is 0 Å². The molecule has 5 aromatic rings. The van der Waals surface area contributed by atoms with Gasteiger partial charge in [0.2, 0.25) is 5.91 Å². The molecule has 0 aliphatic carbocycles. The topological polar surface area (TPSA) is 49.3 Å². The van der Waals surface area contributed by atoms with Gasteiger partial charge in [0.1, 0.15) is 5.75 Å². The van der Waals surface area contributed by atoms with Crippen LogP contribution in [0.15, 0.2) is 78.9 Å². The number of aromatic hydroxyl groups is 1. The van der Waals surface area contributed by atoms with Gasteiger partial charge in [0.15, 0.2) is 0 Å². The van der Waals surface area contributed by atoms with Crippen LogP contribution in [0.1, 0.15) is 24.0 Å². The lowest BCUT2D eigenvalue weighted by molar-refractivity contribution is -0.121. The molecular formula is C28H25NO2. The van der Waals surface area contributed by atoms with Crippen molar-refractivity contribution in [2.45, 2.75) is 25.7 Å². The highest BCUT2D eigenvalue weighted by Gasteiger charge is 2.11. The van der Waals surface area contributed by atoms with E-state index in [0.717, 1.165) is 24.8 Å². The van der Waals surface area contributed by atoms with Gasteiger partial charge in [0.05, 0.1) is 0 Å². The van der Waals surface area contributed by atoms with E-state index in [9.17, 15) is 9.90 Å². The van der Waals surface area contributed by atoms with Crippen molar-refractivity contribution < 1.29 is 9.90 Å². The summed E-state index contributed by atoms with van der Waals surface area (Å²) in [4.78, 5) is 12.3. The van der Waals surface area contributed by atoms with Gasteiger partial charge in [-0.1, -0.05) is 66.7 Å². The van der Waals surface area contributed by atoms with E-state index in [0.29, 0.717) is 13.0 Å². The van der Waals surface area contributed by atoms with Crippen LogP contribution in [0.5, 0.6) is 5.75 Å². The van der Waals surface area contributed by atoms with E-state index in [1.165, 1.54) is 37.9 Å². The average molecular weight is 408 g/mol. The third-order valence-corrected chi connectivity index (χ3v) is 6.14. The van der Waals surface area contributed by atoms with Gasteiger partial charge < -0.3 is 10.4 Å². The van der Waals surface area contributed by atoms with E-state index in [1.54, 1.807) is 12.1 Å². The second-order valence-corrected chi connectivity index (χ2v) is 8.20. The summed E-state index contributed by atoms with van der Waals surface area (Å²) in [5, 5.41) is 20.2. The Morgan fingerprint density at radius 3 is 2.19 bits per heavy atom. The van der Waals surface area contributed by atoms with Crippen molar-refractivity contribution in [2.24, 2.45) is 0 Å². The summed E-state index contributed by atoms with van der Waals surface area (Å²) < 4.78 is 0. The zero-order valence-corrected chi connectivity index (χ0v) is 17.4. The highest BCUT2D eigenvalue weighted by molar-refractivity contribution is 6.23. The van der Waals surface area contributed by atoms with Gasteiger partial charge in [-0.2, -0.15) is 0 Å². The fourth-order valence-electron chi connectivity index (χ4n) is 4.55. The summed E-state index contributed by atoms with van der Waals surface area (Å²) in [6.45, 7) is 0.613. The molecule has 0 bridgehead atoms. The Bertz CT molecular complexity index is 1340. The standard InChI is InChI=1S/C28H25NO2/c30-24-14-7-19(8-15-24)17-18-29-26(31)6-2-3-20-9-10-23-12-11-21-4-1-5-22-13-16-25(20)28(23)27(21)22/h1,4-5,7-16,30H,2-3,6,17-18H2,(H,29,31). The molecule has 5 rings (SSSR count). The van der Waals surface area contributed by atoms with E-state index in [4.69, 9.17) is 0 Å². The van der Waals surface area contributed by atoms with Gasteiger partial charge in [-0.15, -0.1) is 0 Å². The van der Waals surface area contributed by atoms with Crippen molar-refractivity contribution >= 4 is 38.2 Å². The Balaban J connectivity index is 1.23. The van der Waals surface area contributed by atoms with Gasteiger partial charge in [0, 0.05) is 13.0 Å². The number of phenolic OH excluding ortho intramolecular Hbond substituents is 1. The lowest BCUT2D eigenvalue weighted by Gasteiger charge is -2.14. The number of rotatable bonds is 7. The Hall–Kier alpha value is -3.59. The lowest BCUT2D eigenvalue weighted by atomic mass is 9.90. The first-order chi connectivity index (χ1) is 15.2. The van der Waals surface area contributed by atoms with E-state index in [2.05, 4.69) is 59.9 Å². The Morgan fingerprint density at radius 1 is 0.742 bits per heavy atom. The number of carbonyl (C=O) groups is 1. The first kappa shape index (κ1) is 19.4. The molecule has 3 heteroatoms. The predicted molar refractivity (Wildman–Crippen MR) is 128 cm³/mol. The Labute approximate surface area is 181 Å². The number of amides is 1. The van der Waals surface area contributed by atoms with E-state index < -0.39 is 0 Å². The predicted octanol–water partition coefficient (Wildman–Crippen LogP) is 5.97. The highest BCUT2D eigenvalue weighted by Crippen LogP contribution is 2.36. The number of aryl methyl sites for hydroxylation is 1. The summed E-state index contributed by atoms with van der Waals surface area (Å²) >= 11 is 0. The minimum atomic E-state index is 0.0940. The molecule has 0 fully saturated rings. The summed E-state index contributed by atoms with van der Waals surface area (Å²) in [5.41, 5.74) is 2.41. The number of benzene rings is 5. The second-order valence-electron chi connectivity index (χ2n) is 8.20. The van der Waals surface area contributed by atoms with Crippen molar-refractivity contribution in [3.8, 4) is 5.75 Å². The Morgan fingerprint density at radius 2 is 1.42 bits per heavy atom.